The quantitative estimate of drug-likeness (QED) is 0.767. The maximum atomic E-state index is 12.3. The number of nitrogens with zero attached hydrogens (tertiary/aromatic N) is 1. The number of nitrogens with one attached hydrogen (secondary N) is 1. The van der Waals surface area contributed by atoms with E-state index < -0.39 is 9.84 Å². The van der Waals surface area contributed by atoms with Crippen molar-refractivity contribution in [3.63, 3.8) is 0 Å². The van der Waals surface area contributed by atoms with Gasteiger partial charge in [-0.15, -0.1) is 0 Å². The molecular formula is C20H30N2O4S. The Morgan fingerprint density at radius 3 is 2.89 bits per heavy atom. The third kappa shape index (κ3) is 5.94. The highest BCUT2D eigenvalue weighted by Crippen LogP contribution is 2.26. The van der Waals surface area contributed by atoms with Crippen LogP contribution in [-0.2, 0) is 21.2 Å². The first kappa shape index (κ1) is 20.1. The zero-order valence-corrected chi connectivity index (χ0v) is 16.8. The number of carbonyl (C=O) groups excluding carboxylic acids is 1. The number of sulfone groups is 1. The fourth-order valence-electron chi connectivity index (χ4n) is 3.78. The number of carbonyl (C=O) groups is 1. The Labute approximate surface area is 162 Å². The maximum absolute atomic E-state index is 12.3. The summed E-state index contributed by atoms with van der Waals surface area (Å²) in [6.45, 7) is 4.39. The van der Waals surface area contributed by atoms with Crippen molar-refractivity contribution < 1.29 is 17.9 Å². The largest absolute Gasteiger partial charge is 0.489 e. The molecule has 2 aliphatic heterocycles. The van der Waals surface area contributed by atoms with Gasteiger partial charge in [0.25, 0.3) is 0 Å². The van der Waals surface area contributed by atoms with Crippen molar-refractivity contribution in [2.75, 3.05) is 24.6 Å². The summed E-state index contributed by atoms with van der Waals surface area (Å²) in [7, 11) is -2.97. The van der Waals surface area contributed by atoms with E-state index in [0.29, 0.717) is 19.4 Å². The summed E-state index contributed by atoms with van der Waals surface area (Å²) in [5.74, 6) is 1.13. The molecule has 1 aromatic rings. The van der Waals surface area contributed by atoms with Gasteiger partial charge in [0.1, 0.15) is 11.9 Å². The van der Waals surface area contributed by atoms with Crippen LogP contribution in [0.25, 0.3) is 0 Å². The SMILES string of the molecule is CCCCC1CN(CCC(=O)NC2CCS(=O)(=O)C2)Cc2ccccc2O1. The normalized spacial score (nSPS) is 24.6. The monoisotopic (exact) mass is 394 g/mol. The molecule has 0 saturated carbocycles. The molecule has 2 unspecified atom stereocenters. The average molecular weight is 395 g/mol. The molecule has 3 rings (SSSR count). The van der Waals surface area contributed by atoms with Gasteiger partial charge < -0.3 is 10.1 Å². The van der Waals surface area contributed by atoms with Gasteiger partial charge in [-0.05, 0) is 25.3 Å². The van der Waals surface area contributed by atoms with Crippen LogP contribution in [0.1, 0.15) is 44.6 Å². The number of rotatable bonds is 7. The van der Waals surface area contributed by atoms with Crippen LogP contribution in [0.3, 0.4) is 0 Å². The summed E-state index contributed by atoms with van der Waals surface area (Å²) in [5, 5.41) is 2.88. The second-order valence-corrected chi connectivity index (χ2v) is 9.87. The molecule has 1 N–H and O–H groups in total. The number of hydrogen-bond acceptors (Lipinski definition) is 5. The number of benzene rings is 1. The Morgan fingerprint density at radius 2 is 2.15 bits per heavy atom. The Balaban J connectivity index is 1.55. The molecular weight excluding hydrogens is 364 g/mol. The number of para-hydroxylation sites is 1. The highest BCUT2D eigenvalue weighted by molar-refractivity contribution is 7.91. The van der Waals surface area contributed by atoms with E-state index in [0.717, 1.165) is 43.7 Å². The molecule has 1 fully saturated rings. The zero-order valence-electron chi connectivity index (χ0n) is 16.0. The van der Waals surface area contributed by atoms with Crippen LogP contribution < -0.4 is 10.1 Å². The molecule has 0 spiro atoms. The molecule has 6 nitrogen and oxygen atoms in total. The smallest absolute Gasteiger partial charge is 0.221 e. The first-order chi connectivity index (χ1) is 12.9. The van der Waals surface area contributed by atoms with Crippen molar-refractivity contribution in [3.8, 4) is 5.75 Å². The predicted molar refractivity (Wildman–Crippen MR) is 105 cm³/mol. The number of hydrogen-bond donors (Lipinski definition) is 1. The number of fused-ring (bicyclic) bond motifs is 1. The molecule has 0 aliphatic carbocycles. The first-order valence-corrected chi connectivity index (χ1v) is 11.7. The van der Waals surface area contributed by atoms with E-state index in [2.05, 4.69) is 23.2 Å². The van der Waals surface area contributed by atoms with E-state index in [1.165, 1.54) is 0 Å². The van der Waals surface area contributed by atoms with Gasteiger partial charge >= 0.3 is 0 Å². The third-order valence-corrected chi connectivity index (χ3v) is 7.02. The van der Waals surface area contributed by atoms with Crippen LogP contribution >= 0.6 is 0 Å². The van der Waals surface area contributed by atoms with Gasteiger partial charge in [-0.2, -0.15) is 0 Å². The van der Waals surface area contributed by atoms with Gasteiger partial charge in [0.2, 0.25) is 5.91 Å². The third-order valence-electron chi connectivity index (χ3n) is 5.25. The lowest BCUT2D eigenvalue weighted by molar-refractivity contribution is -0.122. The van der Waals surface area contributed by atoms with E-state index in [4.69, 9.17) is 4.74 Å². The van der Waals surface area contributed by atoms with Crippen LogP contribution in [0.4, 0.5) is 0 Å². The van der Waals surface area contributed by atoms with E-state index in [1.54, 1.807) is 0 Å². The molecule has 7 heteroatoms. The van der Waals surface area contributed by atoms with Crippen LogP contribution in [0.15, 0.2) is 24.3 Å². The second kappa shape index (κ2) is 9.06. The van der Waals surface area contributed by atoms with Gasteiger partial charge in [-0.3, -0.25) is 9.69 Å². The Kier molecular flexibility index (Phi) is 6.76. The summed E-state index contributed by atoms with van der Waals surface area (Å²) >= 11 is 0. The maximum Gasteiger partial charge on any atom is 0.221 e. The first-order valence-electron chi connectivity index (χ1n) is 9.92. The van der Waals surface area contributed by atoms with Crippen molar-refractivity contribution in [1.82, 2.24) is 10.2 Å². The Hall–Kier alpha value is -1.60. The molecule has 1 amide bonds. The molecule has 2 atom stereocenters. The topological polar surface area (TPSA) is 75.7 Å². The minimum Gasteiger partial charge on any atom is -0.489 e. The fourth-order valence-corrected chi connectivity index (χ4v) is 5.45. The van der Waals surface area contributed by atoms with Gasteiger partial charge in [-0.1, -0.05) is 31.5 Å². The van der Waals surface area contributed by atoms with Gasteiger partial charge in [0.05, 0.1) is 11.5 Å². The summed E-state index contributed by atoms with van der Waals surface area (Å²) in [5.41, 5.74) is 1.15. The van der Waals surface area contributed by atoms with Crippen molar-refractivity contribution in [1.29, 1.82) is 0 Å². The van der Waals surface area contributed by atoms with Gasteiger partial charge in [0.15, 0.2) is 9.84 Å². The van der Waals surface area contributed by atoms with Crippen LogP contribution in [0, 0.1) is 0 Å². The number of unbranched alkanes of at least 4 members (excludes halogenated alkanes) is 1. The molecule has 27 heavy (non-hydrogen) atoms. The molecule has 0 aromatic heterocycles. The van der Waals surface area contributed by atoms with Crippen molar-refractivity contribution in [2.24, 2.45) is 0 Å². The van der Waals surface area contributed by atoms with Crippen LogP contribution in [-0.4, -0.2) is 56.0 Å². The van der Waals surface area contributed by atoms with Crippen molar-refractivity contribution in [3.05, 3.63) is 29.8 Å². The lowest BCUT2D eigenvalue weighted by Crippen LogP contribution is -2.39. The second-order valence-electron chi connectivity index (χ2n) is 7.64. The molecule has 0 bridgehead atoms. The van der Waals surface area contributed by atoms with Gasteiger partial charge in [-0.25, -0.2) is 8.42 Å². The highest BCUT2D eigenvalue weighted by atomic mass is 32.2. The molecule has 2 heterocycles. The predicted octanol–water partition coefficient (Wildman–Crippen LogP) is 2.13. The fraction of sp³-hybridized carbons (Fsp3) is 0.650. The summed E-state index contributed by atoms with van der Waals surface area (Å²) < 4.78 is 29.3. The van der Waals surface area contributed by atoms with Gasteiger partial charge in [0, 0.05) is 37.7 Å². The summed E-state index contributed by atoms with van der Waals surface area (Å²) in [6, 6.07) is 7.88. The van der Waals surface area contributed by atoms with E-state index in [9.17, 15) is 13.2 Å². The van der Waals surface area contributed by atoms with E-state index in [1.807, 2.05) is 18.2 Å². The molecule has 150 valence electrons. The molecule has 0 radical (unpaired) electrons. The standard InChI is InChI=1S/C20H30N2O4S/c1-2-3-7-18-14-22(13-16-6-4-5-8-19(16)26-18)11-9-20(23)21-17-10-12-27(24,25)15-17/h4-6,8,17-18H,2-3,7,9-15H2,1H3,(H,21,23). The Bertz CT molecular complexity index is 750. The lowest BCUT2D eigenvalue weighted by atomic mass is 10.1. The minimum absolute atomic E-state index is 0.0688. The number of ether oxygens (including phenoxy) is 1. The summed E-state index contributed by atoms with van der Waals surface area (Å²) in [4.78, 5) is 14.5. The zero-order chi connectivity index (χ0) is 19.3. The lowest BCUT2D eigenvalue weighted by Gasteiger charge is -2.24. The highest BCUT2D eigenvalue weighted by Gasteiger charge is 2.29. The molecule has 2 aliphatic rings. The average Bonchev–Trinajstić information content (AvgIpc) is 2.87. The Morgan fingerprint density at radius 1 is 1.33 bits per heavy atom. The molecule has 1 aromatic carbocycles. The summed E-state index contributed by atoms with van der Waals surface area (Å²) in [6.07, 6.45) is 4.30. The van der Waals surface area contributed by atoms with Crippen LogP contribution in [0.2, 0.25) is 0 Å². The van der Waals surface area contributed by atoms with Crippen LogP contribution in [0.5, 0.6) is 5.75 Å². The van der Waals surface area contributed by atoms with E-state index >= 15 is 0 Å². The van der Waals surface area contributed by atoms with Crippen molar-refractivity contribution >= 4 is 15.7 Å². The molecule has 1 saturated heterocycles. The van der Waals surface area contributed by atoms with E-state index in [-0.39, 0.29) is 29.6 Å². The number of amides is 1. The van der Waals surface area contributed by atoms with Crippen molar-refractivity contribution in [2.45, 2.75) is 57.7 Å². The minimum atomic E-state index is -2.97.